The summed E-state index contributed by atoms with van der Waals surface area (Å²) < 4.78 is 10.7. The maximum atomic E-state index is 14.2. The van der Waals surface area contributed by atoms with E-state index in [4.69, 9.17) is 9.47 Å². The molecule has 2 fully saturated rings. The van der Waals surface area contributed by atoms with Crippen molar-refractivity contribution in [1.29, 1.82) is 0 Å². The summed E-state index contributed by atoms with van der Waals surface area (Å²) >= 11 is 0. The molecule has 0 aromatic heterocycles. The van der Waals surface area contributed by atoms with Crippen molar-refractivity contribution in [1.82, 2.24) is 9.80 Å². The fraction of sp³-hybridized carbons (Fsp3) is 0.667. The molecule has 0 unspecified atom stereocenters. The van der Waals surface area contributed by atoms with Gasteiger partial charge >= 0.3 is 18.0 Å². The highest BCUT2D eigenvalue weighted by molar-refractivity contribution is 5.97. The van der Waals surface area contributed by atoms with Crippen LogP contribution >= 0.6 is 0 Å². The highest BCUT2D eigenvalue weighted by atomic mass is 16.5. The van der Waals surface area contributed by atoms with Gasteiger partial charge in [-0.2, -0.15) is 0 Å². The number of hydrogen-bond donors (Lipinski definition) is 2. The molecule has 2 aliphatic rings. The summed E-state index contributed by atoms with van der Waals surface area (Å²) in [6, 6.07) is 4.48. The number of methoxy groups -OCH3 is 2. The van der Waals surface area contributed by atoms with E-state index >= 15 is 0 Å². The van der Waals surface area contributed by atoms with Crippen LogP contribution in [-0.2, 0) is 20.8 Å². The van der Waals surface area contributed by atoms with Crippen LogP contribution in [0.1, 0.15) is 76.7 Å². The number of carbonyl (C=O) groups is 4. The van der Waals surface area contributed by atoms with Gasteiger partial charge in [0.2, 0.25) is 5.91 Å². The Kier molecular flexibility index (Phi) is 11.6. The number of hydrogen-bond acceptors (Lipinski definition) is 6. The van der Waals surface area contributed by atoms with Gasteiger partial charge in [0.1, 0.15) is 0 Å². The molecule has 2 N–H and O–H groups in total. The van der Waals surface area contributed by atoms with Crippen LogP contribution in [-0.4, -0.2) is 77.2 Å². The number of amides is 3. The van der Waals surface area contributed by atoms with Crippen LogP contribution in [0.2, 0.25) is 0 Å². The number of aliphatic carboxylic acids is 2. The Hall–Kier alpha value is -3.30. The van der Waals surface area contributed by atoms with Crippen LogP contribution in [0, 0.1) is 17.8 Å². The van der Waals surface area contributed by atoms with Gasteiger partial charge in [-0.25, -0.2) is 4.79 Å². The summed E-state index contributed by atoms with van der Waals surface area (Å²) in [6.45, 7) is 2.01. The first-order valence-corrected chi connectivity index (χ1v) is 14.4. The Bertz CT molecular complexity index is 1040. The van der Waals surface area contributed by atoms with Gasteiger partial charge in [0, 0.05) is 19.1 Å². The minimum Gasteiger partial charge on any atom is -0.493 e. The van der Waals surface area contributed by atoms with Crippen LogP contribution in [0.5, 0.6) is 11.5 Å². The van der Waals surface area contributed by atoms with Gasteiger partial charge in [0.15, 0.2) is 11.5 Å². The number of carboxylic acids is 2. The number of benzene rings is 1. The lowest BCUT2D eigenvalue weighted by molar-refractivity contribution is -0.152. The first-order chi connectivity index (χ1) is 19.2. The molecule has 10 nitrogen and oxygen atoms in total. The Morgan fingerprint density at radius 2 is 1.50 bits per heavy atom. The predicted octanol–water partition coefficient (Wildman–Crippen LogP) is 4.83. The van der Waals surface area contributed by atoms with Crippen molar-refractivity contribution in [3.05, 3.63) is 23.8 Å². The molecule has 222 valence electrons. The number of imide groups is 1. The molecule has 2 saturated carbocycles. The minimum atomic E-state index is -1.04. The third kappa shape index (κ3) is 7.88. The molecular formula is C30H44N2O8. The number of ether oxygens (including phenoxy) is 2. The second kappa shape index (κ2) is 14.9. The summed E-state index contributed by atoms with van der Waals surface area (Å²) in [6.07, 6.45) is 7.41. The SMILES string of the molecule is COc1ccc(CCN(CCC(=O)O)C(=O)N(C(=O)[C@@H]2CCCC[C@H]2C(=O)O)[C@@H](C)C2CCCCC2)cc1OC. The van der Waals surface area contributed by atoms with E-state index in [1.165, 1.54) is 16.9 Å². The van der Waals surface area contributed by atoms with Gasteiger partial charge < -0.3 is 24.6 Å². The van der Waals surface area contributed by atoms with E-state index in [1.54, 1.807) is 13.2 Å². The van der Waals surface area contributed by atoms with Crippen molar-refractivity contribution >= 4 is 23.9 Å². The van der Waals surface area contributed by atoms with Crippen LogP contribution in [0.15, 0.2) is 18.2 Å². The molecule has 0 aliphatic heterocycles. The van der Waals surface area contributed by atoms with Crippen molar-refractivity contribution in [3.63, 3.8) is 0 Å². The fourth-order valence-corrected chi connectivity index (χ4v) is 6.18. The fourth-order valence-electron chi connectivity index (χ4n) is 6.18. The third-order valence-corrected chi connectivity index (χ3v) is 8.57. The quantitative estimate of drug-likeness (QED) is 0.371. The van der Waals surface area contributed by atoms with Crippen molar-refractivity contribution in [2.45, 2.75) is 83.6 Å². The van der Waals surface area contributed by atoms with Crippen LogP contribution < -0.4 is 9.47 Å². The van der Waals surface area contributed by atoms with E-state index in [2.05, 4.69) is 0 Å². The topological polar surface area (TPSA) is 134 Å². The lowest BCUT2D eigenvalue weighted by Gasteiger charge is -2.41. The van der Waals surface area contributed by atoms with Crippen LogP contribution in [0.25, 0.3) is 0 Å². The third-order valence-electron chi connectivity index (χ3n) is 8.57. The first kappa shape index (κ1) is 31.2. The van der Waals surface area contributed by atoms with Gasteiger partial charge in [-0.1, -0.05) is 38.2 Å². The van der Waals surface area contributed by atoms with Crippen LogP contribution in [0.3, 0.4) is 0 Å². The number of carboxylic acid groups (broad SMARTS) is 2. The van der Waals surface area contributed by atoms with Crippen molar-refractivity contribution in [2.75, 3.05) is 27.3 Å². The zero-order chi connectivity index (χ0) is 29.2. The molecule has 40 heavy (non-hydrogen) atoms. The Morgan fingerprint density at radius 1 is 0.875 bits per heavy atom. The van der Waals surface area contributed by atoms with Crippen molar-refractivity contribution < 1.29 is 38.9 Å². The molecule has 0 heterocycles. The minimum absolute atomic E-state index is 0.0599. The number of urea groups is 1. The predicted molar refractivity (Wildman–Crippen MR) is 148 cm³/mol. The molecule has 3 atom stereocenters. The summed E-state index contributed by atoms with van der Waals surface area (Å²) in [7, 11) is 3.08. The summed E-state index contributed by atoms with van der Waals surface area (Å²) in [5.41, 5.74) is 0.863. The van der Waals surface area contributed by atoms with E-state index < -0.39 is 41.8 Å². The first-order valence-electron chi connectivity index (χ1n) is 14.4. The normalized spacial score (nSPS) is 20.3. The molecule has 3 rings (SSSR count). The molecule has 0 saturated heterocycles. The molecule has 3 amide bonds. The lowest BCUT2D eigenvalue weighted by Crippen LogP contribution is -2.56. The van der Waals surface area contributed by atoms with Gasteiger partial charge in [-0.3, -0.25) is 19.3 Å². The second-order valence-electron chi connectivity index (χ2n) is 11.0. The molecule has 2 aliphatic carbocycles. The highest BCUT2D eigenvalue weighted by Crippen LogP contribution is 2.35. The molecule has 0 radical (unpaired) electrons. The van der Waals surface area contributed by atoms with E-state index in [-0.39, 0.29) is 25.4 Å². The molecule has 0 spiro atoms. The Morgan fingerprint density at radius 3 is 2.10 bits per heavy atom. The summed E-state index contributed by atoms with van der Waals surface area (Å²) in [5.74, 6) is -2.84. The summed E-state index contributed by atoms with van der Waals surface area (Å²) in [4.78, 5) is 54.5. The van der Waals surface area contributed by atoms with Crippen LogP contribution in [0.4, 0.5) is 4.79 Å². The second-order valence-corrected chi connectivity index (χ2v) is 11.0. The van der Waals surface area contributed by atoms with E-state index in [0.29, 0.717) is 30.8 Å². The monoisotopic (exact) mass is 560 g/mol. The zero-order valence-corrected chi connectivity index (χ0v) is 24.0. The van der Waals surface area contributed by atoms with Gasteiger partial charge in [-0.05, 0) is 62.6 Å². The van der Waals surface area contributed by atoms with E-state index in [0.717, 1.165) is 50.5 Å². The average Bonchev–Trinajstić information content (AvgIpc) is 2.97. The van der Waals surface area contributed by atoms with E-state index in [9.17, 15) is 29.4 Å². The highest BCUT2D eigenvalue weighted by Gasteiger charge is 2.43. The largest absolute Gasteiger partial charge is 0.493 e. The molecular weight excluding hydrogens is 516 g/mol. The van der Waals surface area contributed by atoms with Gasteiger partial charge in [0.25, 0.3) is 0 Å². The maximum absolute atomic E-state index is 14.2. The van der Waals surface area contributed by atoms with Gasteiger partial charge in [0.05, 0.1) is 32.5 Å². The average molecular weight is 561 g/mol. The number of carbonyl (C=O) groups excluding carboxylic acids is 2. The number of rotatable bonds is 12. The zero-order valence-electron chi connectivity index (χ0n) is 24.0. The lowest BCUT2D eigenvalue weighted by atomic mass is 9.77. The maximum Gasteiger partial charge on any atom is 0.326 e. The van der Waals surface area contributed by atoms with E-state index in [1.807, 2.05) is 19.1 Å². The molecule has 0 bridgehead atoms. The van der Waals surface area contributed by atoms with Crippen molar-refractivity contribution in [2.24, 2.45) is 17.8 Å². The van der Waals surface area contributed by atoms with Crippen molar-refractivity contribution in [3.8, 4) is 11.5 Å². The molecule has 1 aromatic rings. The Balaban J connectivity index is 1.91. The Labute approximate surface area is 236 Å². The standard InChI is InChI=1S/C30H44N2O8/c1-20(22-9-5-4-6-10-22)32(28(35)23-11-7-8-12-24(23)29(36)37)30(38)31(18-16-27(33)34)17-15-21-13-14-25(39-2)26(19-21)40-3/h13-14,19-20,22-24H,4-12,15-18H2,1-3H3,(H,33,34)(H,36,37)/t20-,23+,24+/m0/s1. The molecule has 1 aromatic carbocycles. The summed E-state index contributed by atoms with van der Waals surface area (Å²) in [5, 5.41) is 19.3. The van der Waals surface area contributed by atoms with Gasteiger partial charge in [-0.15, -0.1) is 0 Å². The molecule has 10 heteroatoms. The number of nitrogens with zero attached hydrogens (tertiary/aromatic N) is 2. The smallest absolute Gasteiger partial charge is 0.326 e.